The molecule has 48 heavy (non-hydrogen) atoms. The Kier molecular flexibility index (Phi) is 12.7. The zero-order valence-corrected chi connectivity index (χ0v) is 29.0. The zero-order chi connectivity index (χ0) is 34.8. The first-order valence-electron chi connectivity index (χ1n) is 16.1. The third kappa shape index (κ3) is 9.62. The van der Waals surface area contributed by atoms with Crippen LogP contribution in [0.3, 0.4) is 0 Å². The highest BCUT2D eigenvalue weighted by molar-refractivity contribution is 7.89. The lowest BCUT2D eigenvalue weighted by Gasteiger charge is -2.30. The molecule has 0 aliphatic carbocycles. The fourth-order valence-electron chi connectivity index (χ4n) is 5.45. The summed E-state index contributed by atoms with van der Waals surface area (Å²) in [5.41, 5.74) is 2.37. The summed E-state index contributed by atoms with van der Waals surface area (Å²) in [5, 5.41) is 11.7. The van der Waals surface area contributed by atoms with Gasteiger partial charge in [0.05, 0.1) is 30.3 Å². The minimum atomic E-state index is -3.97. The molecule has 0 bridgehead atoms. The summed E-state index contributed by atoms with van der Waals surface area (Å²) < 4.78 is 39.5. The Balaban J connectivity index is 1.55. The molecule has 2 atom stereocenters. The number of sulfonamides is 1. The van der Waals surface area contributed by atoms with Crippen LogP contribution in [-0.4, -0.2) is 72.8 Å². The summed E-state index contributed by atoms with van der Waals surface area (Å²) in [4.78, 5) is 33.0. The molecule has 3 aromatic carbocycles. The molecule has 0 radical (unpaired) electrons. The molecule has 1 N–H and O–H groups in total. The molecule has 1 amide bonds. The Labute approximate surface area is 283 Å². The van der Waals surface area contributed by atoms with Crippen molar-refractivity contribution in [3.8, 4) is 5.75 Å². The number of ketones is 1. The number of aryl methyl sites for hydroxylation is 1. The number of hydrogen-bond acceptors (Lipinski definition) is 8. The number of carbonyl (C=O) groups excluding carboxylic acids is 2. The van der Waals surface area contributed by atoms with Crippen molar-refractivity contribution >= 4 is 21.7 Å². The second kappa shape index (κ2) is 16.7. The summed E-state index contributed by atoms with van der Waals surface area (Å²) in [7, 11) is -0.822. The fraction of sp³-hybridized carbons (Fsp3) is 0.378. The molecule has 11 heteroatoms. The number of nitrogens with zero attached hydrogens (tertiary/aromatic N) is 3. The first kappa shape index (κ1) is 36.5. The van der Waals surface area contributed by atoms with Crippen LogP contribution in [0, 0.1) is 11.8 Å². The second-order valence-electron chi connectivity index (χ2n) is 12.4. The average Bonchev–Trinajstić information content (AvgIpc) is 3.55. The number of aliphatic hydroxyl groups excluding tert-OH is 1. The SMILES string of the molecule is CCc1coc(CN(C)C(=O)c2cccc(C(=O)C[C@@H](Cc3ccccc3)[C@H](O)CN(CC(C)C)S(=O)(=O)c3ccc(OC)cc3)c2)n1. The van der Waals surface area contributed by atoms with E-state index in [1.807, 2.05) is 51.1 Å². The number of hydrogen-bond donors (Lipinski definition) is 1. The minimum Gasteiger partial charge on any atom is -0.497 e. The first-order valence-corrected chi connectivity index (χ1v) is 17.5. The Morgan fingerprint density at radius 1 is 0.958 bits per heavy atom. The number of amides is 1. The number of oxazole rings is 1. The van der Waals surface area contributed by atoms with Gasteiger partial charge in [0.15, 0.2) is 5.78 Å². The molecule has 0 saturated carbocycles. The van der Waals surface area contributed by atoms with Crippen LogP contribution in [0.25, 0.3) is 0 Å². The molecule has 0 saturated heterocycles. The van der Waals surface area contributed by atoms with Gasteiger partial charge < -0.3 is 19.2 Å². The fourth-order valence-corrected chi connectivity index (χ4v) is 7.08. The molecule has 4 aromatic rings. The normalized spacial score (nSPS) is 13.0. The molecule has 1 aromatic heterocycles. The smallest absolute Gasteiger partial charge is 0.254 e. The highest BCUT2D eigenvalue weighted by Gasteiger charge is 2.32. The Bertz CT molecular complexity index is 1750. The van der Waals surface area contributed by atoms with Crippen LogP contribution >= 0.6 is 0 Å². The van der Waals surface area contributed by atoms with E-state index in [1.54, 1.807) is 49.7 Å². The van der Waals surface area contributed by atoms with Gasteiger partial charge in [-0.1, -0.05) is 63.2 Å². The number of benzene rings is 3. The van der Waals surface area contributed by atoms with Crippen LogP contribution in [0.5, 0.6) is 5.75 Å². The van der Waals surface area contributed by atoms with E-state index in [1.165, 1.54) is 28.4 Å². The third-order valence-electron chi connectivity index (χ3n) is 8.10. The van der Waals surface area contributed by atoms with E-state index in [0.29, 0.717) is 29.2 Å². The summed E-state index contributed by atoms with van der Waals surface area (Å²) in [6, 6.07) is 22.1. The van der Waals surface area contributed by atoms with Gasteiger partial charge in [0.1, 0.15) is 12.0 Å². The number of ether oxygens (including phenoxy) is 1. The van der Waals surface area contributed by atoms with Gasteiger partial charge >= 0.3 is 0 Å². The van der Waals surface area contributed by atoms with Crippen molar-refractivity contribution in [3.63, 3.8) is 0 Å². The number of carbonyl (C=O) groups is 2. The molecule has 0 spiro atoms. The minimum absolute atomic E-state index is 0.0184. The molecule has 0 aliphatic rings. The Morgan fingerprint density at radius 3 is 2.27 bits per heavy atom. The molecule has 0 unspecified atom stereocenters. The lowest BCUT2D eigenvalue weighted by molar-refractivity contribution is 0.0689. The van der Waals surface area contributed by atoms with Crippen molar-refractivity contribution < 1.29 is 32.3 Å². The maximum atomic E-state index is 13.8. The van der Waals surface area contributed by atoms with Gasteiger partial charge in [-0.2, -0.15) is 4.31 Å². The zero-order valence-electron chi connectivity index (χ0n) is 28.2. The first-order chi connectivity index (χ1) is 22.9. The molecule has 10 nitrogen and oxygen atoms in total. The largest absolute Gasteiger partial charge is 0.497 e. The van der Waals surface area contributed by atoms with Gasteiger partial charge in [-0.25, -0.2) is 13.4 Å². The van der Waals surface area contributed by atoms with Crippen molar-refractivity contribution in [1.29, 1.82) is 0 Å². The maximum absolute atomic E-state index is 13.8. The maximum Gasteiger partial charge on any atom is 0.254 e. The Hall–Kier alpha value is -4.32. The average molecular weight is 676 g/mol. The molecule has 256 valence electrons. The lowest BCUT2D eigenvalue weighted by atomic mass is 9.87. The lowest BCUT2D eigenvalue weighted by Crippen LogP contribution is -2.43. The monoisotopic (exact) mass is 675 g/mol. The van der Waals surface area contributed by atoms with Crippen molar-refractivity contribution in [2.24, 2.45) is 11.8 Å². The van der Waals surface area contributed by atoms with Gasteiger partial charge in [-0.3, -0.25) is 9.59 Å². The van der Waals surface area contributed by atoms with E-state index in [-0.39, 0.29) is 48.6 Å². The molecule has 0 fully saturated rings. The van der Waals surface area contributed by atoms with Gasteiger partial charge in [0, 0.05) is 37.7 Å². The second-order valence-corrected chi connectivity index (χ2v) is 14.3. The van der Waals surface area contributed by atoms with E-state index in [2.05, 4.69) is 4.98 Å². The van der Waals surface area contributed by atoms with Crippen LogP contribution < -0.4 is 4.74 Å². The van der Waals surface area contributed by atoms with Crippen LogP contribution in [0.2, 0.25) is 0 Å². The standard InChI is InChI=1S/C37H45N3O7S/c1-6-31-25-47-36(38-31)24-39(4)37(43)29-14-10-13-28(20-29)34(41)21-30(19-27-11-8-7-9-12-27)35(42)23-40(22-26(2)3)48(44,45)33-17-15-32(46-5)16-18-33/h7-18,20,25-26,30,35,42H,6,19,21-24H2,1-5H3/t30-,35-/m1/s1. The molecule has 4 rings (SSSR count). The van der Waals surface area contributed by atoms with E-state index in [0.717, 1.165) is 17.7 Å². The molecular weight excluding hydrogens is 630 g/mol. The molecule has 0 aliphatic heterocycles. The number of rotatable bonds is 17. The summed E-state index contributed by atoms with van der Waals surface area (Å²) >= 11 is 0. The van der Waals surface area contributed by atoms with Crippen molar-refractivity contribution in [2.45, 2.75) is 57.6 Å². The number of aromatic nitrogens is 1. The van der Waals surface area contributed by atoms with E-state index in [4.69, 9.17) is 9.15 Å². The van der Waals surface area contributed by atoms with Gasteiger partial charge in [0.2, 0.25) is 15.9 Å². The third-order valence-corrected chi connectivity index (χ3v) is 9.95. The summed E-state index contributed by atoms with van der Waals surface area (Å²) in [6.45, 7) is 5.95. The predicted molar refractivity (Wildman–Crippen MR) is 183 cm³/mol. The Morgan fingerprint density at radius 2 is 1.65 bits per heavy atom. The number of aliphatic hydroxyl groups is 1. The predicted octanol–water partition coefficient (Wildman–Crippen LogP) is 5.66. The van der Waals surface area contributed by atoms with Crippen molar-refractivity contribution in [3.05, 3.63) is 113 Å². The summed E-state index contributed by atoms with van der Waals surface area (Å²) in [6.07, 6.45) is 1.43. The number of methoxy groups -OCH3 is 1. The quantitative estimate of drug-likeness (QED) is 0.142. The van der Waals surface area contributed by atoms with Crippen LogP contribution in [0.4, 0.5) is 0 Å². The van der Waals surface area contributed by atoms with Gasteiger partial charge in [-0.15, -0.1) is 0 Å². The van der Waals surface area contributed by atoms with Crippen LogP contribution in [0.15, 0.2) is 94.4 Å². The van der Waals surface area contributed by atoms with E-state index < -0.39 is 22.0 Å². The van der Waals surface area contributed by atoms with Crippen LogP contribution in [0.1, 0.15) is 65.1 Å². The van der Waals surface area contributed by atoms with Gasteiger partial charge in [0.25, 0.3) is 5.91 Å². The highest BCUT2D eigenvalue weighted by Crippen LogP contribution is 2.25. The molecular formula is C37H45N3O7S. The molecule has 1 heterocycles. The van der Waals surface area contributed by atoms with Crippen molar-refractivity contribution in [2.75, 3.05) is 27.2 Å². The highest BCUT2D eigenvalue weighted by atomic mass is 32.2. The van der Waals surface area contributed by atoms with Gasteiger partial charge in [-0.05, 0) is 66.6 Å². The van der Waals surface area contributed by atoms with E-state index >= 15 is 0 Å². The summed E-state index contributed by atoms with van der Waals surface area (Å²) in [5.74, 6) is -0.233. The number of Topliss-reactive ketones (excluding diaryl/α,β-unsaturated/α-hetero) is 1. The topological polar surface area (TPSA) is 130 Å². The van der Waals surface area contributed by atoms with E-state index in [9.17, 15) is 23.1 Å². The van der Waals surface area contributed by atoms with Crippen LogP contribution in [-0.2, 0) is 29.4 Å². The van der Waals surface area contributed by atoms with Crippen molar-refractivity contribution in [1.82, 2.24) is 14.2 Å².